The van der Waals surface area contributed by atoms with Gasteiger partial charge in [-0.25, -0.2) is 0 Å². The predicted octanol–water partition coefficient (Wildman–Crippen LogP) is 6.87. The third-order valence-corrected chi connectivity index (χ3v) is 9.37. The number of carbonyl (C=O) groups excluding carboxylic acids is 1. The summed E-state index contributed by atoms with van der Waals surface area (Å²) < 4.78 is 22.8. The van der Waals surface area contributed by atoms with Gasteiger partial charge in [0.1, 0.15) is 19.0 Å². The molecule has 6 nitrogen and oxygen atoms in total. The summed E-state index contributed by atoms with van der Waals surface area (Å²) in [5, 5.41) is 0. The number of ether oxygens (including phenoxy) is 4. The molecule has 42 heavy (non-hydrogen) atoms. The first kappa shape index (κ1) is 28.8. The van der Waals surface area contributed by atoms with Crippen LogP contribution in [0, 0.1) is 23.2 Å². The minimum atomic E-state index is -0.192. The van der Waals surface area contributed by atoms with Crippen LogP contribution in [0.4, 0.5) is 5.69 Å². The van der Waals surface area contributed by atoms with E-state index in [4.69, 9.17) is 24.7 Å². The smallest absolute Gasteiger partial charge is 0.312 e. The van der Waals surface area contributed by atoms with Gasteiger partial charge in [0.2, 0.25) is 0 Å². The highest BCUT2D eigenvalue weighted by molar-refractivity contribution is 5.81. The average Bonchev–Trinajstić information content (AvgIpc) is 3.24. The Morgan fingerprint density at radius 1 is 0.738 bits per heavy atom. The Bertz CT molecular complexity index is 1270. The third-order valence-electron chi connectivity index (χ3n) is 9.37. The Kier molecular flexibility index (Phi) is 9.11. The number of hydrogen-bond acceptors (Lipinski definition) is 6. The van der Waals surface area contributed by atoms with Crippen molar-refractivity contribution < 1.29 is 23.7 Å². The van der Waals surface area contributed by atoms with Crippen molar-refractivity contribution in [3.63, 3.8) is 0 Å². The van der Waals surface area contributed by atoms with Crippen LogP contribution in [0.25, 0.3) is 11.1 Å². The van der Waals surface area contributed by atoms with E-state index in [0.717, 1.165) is 60.4 Å². The first-order valence-electron chi connectivity index (χ1n) is 15.6. The van der Waals surface area contributed by atoms with E-state index in [1.807, 2.05) is 24.3 Å². The van der Waals surface area contributed by atoms with Crippen LogP contribution in [0.5, 0.6) is 5.75 Å². The van der Waals surface area contributed by atoms with Gasteiger partial charge in [0, 0.05) is 5.69 Å². The summed E-state index contributed by atoms with van der Waals surface area (Å²) in [5.74, 6) is 3.08. The van der Waals surface area contributed by atoms with Crippen molar-refractivity contribution in [2.45, 2.75) is 44.9 Å². The summed E-state index contributed by atoms with van der Waals surface area (Å²) >= 11 is 0. The van der Waals surface area contributed by atoms with Gasteiger partial charge in [0.15, 0.2) is 0 Å². The van der Waals surface area contributed by atoms with Gasteiger partial charge in [-0.3, -0.25) is 4.79 Å². The van der Waals surface area contributed by atoms with Crippen molar-refractivity contribution in [3.8, 4) is 5.75 Å². The quantitative estimate of drug-likeness (QED) is 0.161. The van der Waals surface area contributed by atoms with Crippen molar-refractivity contribution in [1.82, 2.24) is 0 Å². The number of anilines is 1. The molecule has 0 radical (unpaired) electrons. The SMILES string of the molecule is Nc1ccc(C2=CC=C(c3ccc(OCCOCCOCCOC(=O)C45CC6CC(CC(C6)C4)C5)cc3)CC=C2)cc1. The number of hydrogen-bond donors (Lipinski definition) is 1. The summed E-state index contributed by atoms with van der Waals surface area (Å²) in [6.45, 7) is 2.66. The van der Waals surface area contributed by atoms with Crippen LogP contribution in [0.15, 0.2) is 72.8 Å². The normalized spacial score (nSPS) is 26.0. The zero-order valence-electron chi connectivity index (χ0n) is 24.5. The van der Waals surface area contributed by atoms with Crippen molar-refractivity contribution in [2.75, 3.05) is 45.4 Å². The second kappa shape index (κ2) is 13.3. The summed E-state index contributed by atoms with van der Waals surface area (Å²) in [6.07, 6.45) is 16.7. The van der Waals surface area contributed by atoms with Gasteiger partial charge in [0.05, 0.1) is 31.8 Å². The predicted molar refractivity (Wildman–Crippen MR) is 166 cm³/mol. The molecule has 2 aromatic rings. The molecule has 7 rings (SSSR count). The van der Waals surface area contributed by atoms with E-state index < -0.39 is 0 Å². The molecule has 2 aromatic carbocycles. The zero-order valence-corrected chi connectivity index (χ0v) is 24.5. The van der Waals surface area contributed by atoms with E-state index in [1.54, 1.807) is 0 Å². The second-order valence-electron chi connectivity index (χ2n) is 12.5. The molecule has 6 heteroatoms. The molecule has 0 heterocycles. The molecule has 4 bridgehead atoms. The van der Waals surface area contributed by atoms with Crippen LogP contribution in [-0.2, 0) is 19.0 Å². The topological polar surface area (TPSA) is 80.0 Å². The Morgan fingerprint density at radius 2 is 1.33 bits per heavy atom. The van der Waals surface area contributed by atoms with Gasteiger partial charge in [0.25, 0.3) is 0 Å². The molecular weight excluding hydrogens is 526 g/mol. The molecular formula is C36H43NO5. The maximum atomic E-state index is 12.9. The van der Waals surface area contributed by atoms with Gasteiger partial charge >= 0.3 is 5.97 Å². The summed E-state index contributed by atoms with van der Waals surface area (Å²) in [4.78, 5) is 12.9. The van der Waals surface area contributed by atoms with Crippen LogP contribution >= 0.6 is 0 Å². The lowest BCUT2D eigenvalue weighted by Gasteiger charge is -2.55. The number of nitrogens with two attached hydrogens (primary N) is 1. The highest BCUT2D eigenvalue weighted by Crippen LogP contribution is 2.60. The van der Waals surface area contributed by atoms with Crippen molar-refractivity contribution in [3.05, 3.63) is 84.0 Å². The second-order valence-corrected chi connectivity index (χ2v) is 12.5. The van der Waals surface area contributed by atoms with E-state index in [-0.39, 0.29) is 11.4 Å². The average molecular weight is 570 g/mol. The Morgan fingerprint density at radius 3 is 2.00 bits per heavy atom. The largest absolute Gasteiger partial charge is 0.491 e. The molecule has 4 saturated carbocycles. The van der Waals surface area contributed by atoms with Gasteiger partial charge in [-0.05, 0) is 109 Å². The van der Waals surface area contributed by atoms with Gasteiger partial charge in [-0.2, -0.15) is 0 Å². The van der Waals surface area contributed by atoms with Gasteiger partial charge < -0.3 is 24.7 Å². The maximum Gasteiger partial charge on any atom is 0.312 e. The maximum absolute atomic E-state index is 12.9. The fraction of sp³-hybridized carbons (Fsp3) is 0.472. The molecule has 0 aliphatic heterocycles. The van der Waals surface area contributed by atoms with Crippen molar-refractivity contribution in [2.24, 2.45) is 23.2 Å². The molecule has 0 amide bonds. The highest BCUT2D eigenvalue weighted by atomic mass is 16.6. The minimum Gasteiger partial charge on any atom is -0.491 e. The number of rotatable bonds is 13. The number of carbonyl (C=O) groups is 1. The first-order chi connectivity index (χ1) is 20.6. The van der Waals surface area contributed by atoms with Gasteiger partial charge in [-0.1, -0.05) is 48.6 Å². The van der Waals surface area contributed by atoms with Crippen LogP contribution in [-0.4, -0.2) is 45.6 Å². The number of nitrogen functional groups attached to an aromatic ring is 1. The van der Waals surface area contributed by atoms with E-state index in [1.165, 1.54) is 36.0 Å². The summed E-state index contributed by atoms with van der Waals surface area (Å²) in [7, 11) is 0. The lowest BCUT2D eigenvalue weighted by Crippen LogP contribution is -2.50. The van der Waals surface area contributed by atoms with Crippen molar-refractivity contribution >= 4 is 22.8 Å². The molecule has 5 aliphatic carbocycles. The molecule has 4 fully saturated rings. The monoisotopic (exact) mass is 569 g/mol. The molecule has 5 aliphatic rings. The lowest BCUT2D eigenvalue weighted by molar-refractivity contribution is -0.173. The first-order valence-corrected chi connectivity index (χ1v) is 15.6. The third kappa shape index (κ3) is 6.99. The van der Waals surface area contributed by atoms with E-state index in [0.29, 0.717) is 39.6 Å². The number of esters is 1. The van der Waals surface area contributed by atoms with Crippen LogP contribution in [0.3, 0.4) is 0 Å². The van der Waals surface area contributed by atoms with Crippen LogP contribution in [0.2, 0.25) is 0 Å². The molecule has 0 unspecified atom stereocenters. The molecule has 0 saturated heterocycles. The van der Waals surface area contributed by atoms with Crippen LogP contribution in [0.1, 0.15) is 56.1 Å². The lowest BCUT2D eigenvalue weighted by atomic mass is 9.49. The standard InChI is InChI=1S/C36H43NO5/c37-33-10-6-31(7-11-33)29-2-1-3-30(5-4-29)32-8-12-34(13-9-32)41-18-16-39-14-15-40-17-19-42-35(38)36-23-26-20-27(24-36)22-28(21-26)25-36/h1-2,4-13,26-28H,3,14-25,37H2. The molecule has 222 valence electrons. The fourth-order valence-corrected chi connectivity index (χ4v) is 7.72. The molecule has 0 atom stereocenters. The van der Waals surface area contributed by atoms with E-state index in [9.17, 15) is 4.79 Å². The highest BCUT2D eigenvalue weighted by Gasteiger charge is 2.55. The van der Waals surface area contributed by atoms with E-state index in [2.05, 4.69) is 48.6 Å². The molecule has 0 aromatic heterocycles. The Labute approximate surface area is 249 Å². The number of allylic oxidation sites excluding steroid dienone is 6. The van der Waals surface area contributed by atoms with Crippen molar-refractivity contribution in [1.29, 1.82) is 0 Å². The van der Waals surface area contributed by atoms with Gasteiger partial charge in [-0.15, -0.1) is 0 Å². The Hall–Kier alpha value is -3.35. The minimum absolute atomic E-state index is 0.0229. The van der Waals surface area contributed by atoms with Crippen LogP contribution < -0.4 is 10.5 Å². The summed E-state index contributed by atoms with van der Waals surface area (Å²) in [6, 6.07) is 16.2. The fourth-order valence-electron chi connectivity index (χ4n) is 7.72. The zero-order chi connectivity index (χ0) is 28.8. The molecule has 2 N–H and O–H groups in total. The van der Waals surface area contributed by atoms with E-state index >= 15 is 0 Å². The molecule has 0 spiro atoms. The summed E-state index contributed by atoms with van der Waals surface area (Å²) in [5.41, 5.74) is 11.2. The Balaban J connectivity index is 0.835. The number of benzene rings is 2.